The third-order valence-electron chi connectivity index (χ3n) is 3.91. The SMILES string of the molecule is O=C(c1cn(C2CCOC3(CCSC3)C2)nn1)C(F)(F)F. The van der Waals surface area contributed by atoms with Crippen LogP contribution in [0.4, 0.5) is 13.2 Å². The van der Waals surface area contributed by atoms with E-state index in [9.17, 15) is 18.0 Å². The van der Waals surface area contributed by atoms with Crippen molar-refractivity contribution in [2.75, 3.05) is 18.1 Å². The van der Waals surface area contributed by atoms with E-state index in [0.717, 1.165) is 24.1 Å². The molecule has 9 heteroatoms. The molecule has 0 amide bonds. The van der Waals surface area contributed by atoms with Crippen molar-refractivity contribution >= 4 is 17.5 Å². The number of Topliss-reactive ketones (excluding diaryl/α,β-unsaturated/α-hetero) is 1. The molecule has 2 saturated heterocycles. The van der Waals surface area contributed by atoms with Crippen molar-refractivity contribution in [1.29, 1.82) is 0 Å². The Morgan fingerprint density at radius 1 is 1.52 bits per heavy atom. The van der Waals surface area contributed by atoms with E-state index in [1.54, 1.807) is 0 Å². The van der Waals surface area contributed by atoms with Gasteiger partial charge in [-0.2, -0.15) is 24.9 Å². The van der Waals surface area contributed by atoms with Crippen LogP contribution in [-0.4, -0.2) is 50.7 Å². The molecule has 1 spiro atoms. The lowest BCUT2D eigenvalue weighted by Gasteiger charge is -2.37. The lowest BCUT2D eigenvalue weighted by Crippen LogP contribution is -2.40. The summed E-state index contributed by atoms with van der Waals surface area (Å²) >= 11 is 1.82. The van der Waals surface area contributed by atoms with E-state index in [-0.39, 0.29) is 11.6 Å². The van der Waals surface area contributed by atoms with Crippen LogP contribution in [0.2, 0.25) is 0 Å². The Hall–Kier alpha value is -1.09. The van der Waals surface area contributed by atoms with Gasteiger partial charge in [-0.15, -0.1) is 5.10 Å². The Labute approximate surface area is 123 Å². The number of halogens is 3. The highest BCUT2D eigenvalue weighted by Crippen LogP contribution is 2.41. The highest BCUT2D eigenvalue weighted by Gasteiger charge is 2.43. The smallest absolute Gasteiger partial charge is 0.374 e. The first-order valence-electron chi connectivity index (χ1n) is 6.65. The van der Waals surface area contributed by atoms with Crippen LogP contribution in [-0.2, 0) is 4.74 Å². The van der Waals surface area contributed by atoms with Crippen molar-refractivity contribution in [2.24, 2.45) is 0 Å². The molecule has 116 valence electrons. The van der Waals surface area contributed by atoms with Gasteiger partial charge in [0.05, 0.1) is 17.8 Å². The summed E-state index contributed by atoms with van der Waals surface area (Å²) in [6, 6.07) is -0.0697. The number of alkyl halides is 3. The molecule has 2 aliphatic rings. The average molecular weight is 321 g/mol. The summed E-state index contributed by atoms with van der Waals surface area (Å²) in [5.74, 6) is -0.0269. The van der Waals surface area contributed by atoms with Crippen molar-refractivity contribution in [3.63, 3.8) is 0 Å². The summed E-state index contributed by atoms with van der Waals surface area (Å²) in [5, 5.41) is 7.08. The quantitative estimate of drug-likeness (QED) is 0.782. The van der Waals surface area contributed by atoms with Gasteiger partial charge < -0.3 is 4.74 Å². The molecule has 0 N–H and O–H groups in total. The number of rotatable bonds is 2. The van der Waals surface area contributed by atoms with Gasteiger partial charge in [0.25, 0.3) is 5.78 Å². The summed E-state index contributed by atoms with van der Waals surface area (Å²) in [4.78, 5) is 11.1. The van der Waals surface area contributed by atoms with E-state index < -0.39 is 17.7 Å². The number of carbonyl (C=O) groups excluding carboxylic acids is 1. The van der Waals surface area contributed by atoms with E-state index in [1.165, 1.54) is 4.68 Å². The van der Waals surface area contributed by atoms with Crippen LogP contribution in [0.25, 0.3) is 0 Å². The number of carbonyl (C=O) groups is 1. The van der Waals surface area contributed by atoms with Gasteiger partial charge in [0.2, 0.25) is 0 Å². The zero-order valence-electron chi connectivity index (χ0n) is 11.1. The zero-order valence-corrected chi connectivity index (χ0v) is 11.9. The minimum absolute atomic E-state index is 0.0697. The first-order valence-corrected chi connectivity index (χ1v) is 7.80. The van der Waals surface area contributed by atoms with Crippen LogP contribution in [0.5, 0.6) is 0 Å². The number of ketones is 1. The van der Waals surface area contributed by atoms with E-state index in [1.807, 2.05) is 11.8 Å². The number of hydrogen-bond donors (Lipinski definition) is 0. The molecule has 2 unspecified atom stereocenters. The monoisotopic (exact) mass is 321 g/mol. The third-order valence-corrected chi connectivity index (χ3v) is 5.13. The standard InChI is InChI=1S/C12H14F3N3O2S/c13-12(14,15)10(19)9-6-18(17-16-9)8-1-3-20-11(5-8)2-4-21-7-11/h6,8H,1-5,7H2. The first-order chi connectivity index (χ1) is 9.90. The number of thioether (sulfide) groups is 1. The number of hydrogen-bond acceptors (Lipinski definition) is 5. The molecule has 2 aliphatic heterocycles. The molecule has 0 radical (unpaired) electrons. The zero-order chi connectivity index (χ0) is 15.1. The van der Waals surface area contributed by atoms with E-state index >= 15 is 0 Å². The van der Waals surface area contributed by atoms with Gasteiger partial charge in [-0.3, -0.25) is 4.79 Å². The second-order valence-corrected chi connectivity index (χ2v) is 6.50. The van der Waals surface area contributed by atoms with Crippen molar-refractivity contribution in [1.82, 2.24) is 15.0 Å². The molecule has 3 rings (SSSR count). The largest absolute Gasteiger partial charge is 0.456 e. The Kier molecular flexibility index (Phi) is 3.73. The summed E-state index contributed by atoms with van der Waals surface area (Å²) in [6.07, 6.45) is -1.52. The van der Waals surface area contributed by atoms with Gasteiger partial charge >= 0.3 is 6.18 Å². The predicted octanol–water partition coefficient (Wildman–Crippen LogP) is 2.25. The van der Waals surface area contributed by atoms with E-state index in [2.05, 4.69) is 10.3 Å². The number of aromatic nitrogens is 3. The third kappa shape index (κ3) is 2.94. The summed E-state index contributed by atoms with van der Waals surface area (Å²) < 4.78 is 44.4. The molecule has 0 bridgehead atoms. The number of ether oxygens (including phenoxy) is 1. The molecule has 0 aliphatic carbocycles. The van der Waals surface area contributed by atoms with Gasteiger partial charge in [0.1, 0.15) is 0 Å². The maximum atomic E-state index is 12.4. The molecule has 2 atom stereocenters. The topological polar surface area (TPSA) is 57.0 Å². The van der Waals surface area contributed by atoms with E-state index in [0.29, 0.717) is 19.4 Å². The lowest BCUT2D eigenvalue weighted by atomic mass is 9.90. The Morgan fingerprint density at radius 2 is 2.33 bits per heavy atom. The van der Waals surface area contributed by atoms with Crippen LogP contribution in [0.1, 0.15) is 35.8 Å². The molecule has 2 fully saturated rings. The fourth-order valence-electron chi connectivity index (χ4n) is 2.80. The van der Waals surface area contributed by atoms with Crippen LogP contribution in [0.3, 0.4) is 0 Å². The molecule has 0 saturated carbocycles. The van der Waals surface area contributed by atoms with Crippen molar-refractivity contribution in [3.05, 3.63) is 11.9 Å². The molecule has 3 heterocycles. The van der Waals surface area contributed by atoms with Gasteiger partial charge in [0.15, 0.2) is 5.69 Å². The fourth-order valence-corrected chi connectivity index (χ4v) is 4.17. The molecular formula is C12H14F3N3O2S. The van der Waals surface area contributed by atoms with Gasteiger partial charge in [-0.1, -0.05) is 5.21 Å². The number of nitrogens with zero attached hydrogens (tertiary/aromatic N) is 3. The van der Waals surface area contributed by atoms with Crippen LogP contribution in [0.15, 0.2) is 6.20 Å². The van der Waals surface area contributed by atoms with Gasteiger partial charge in [0, 0.05) is 12.4 Å². The minimum atomic E-state index is -4.92. The van der Waals surface area contributed by atoms with Crippen molar-refractivity contribution in [3.8, 4) is 0 Å². The fraction of sp³-hybridized carbons (Fsp3) is 0.750. The Morgan fingerprint density at radius 3 is 3.00 bits per heavy atom. The summed E-state index contributed by atoms with van der Waals surface area (Å²) in [5.41, 5.74) is -0.850. The van der Waals surface area contributed by atoms with Crippen LogP contribution < -0.4 is 0 Å². The predicted molar refractivity (Wildman–Crippen MR) is 69.3 cm³/mol. The van der Waals surface area contributed by atoms with E-state index in [4.69, 9.17) is 4.74 Å². The second-order valence-electron chi connectivity index (χ2n) is 5.39. The van der Waals surface area contributed by atoms with Crippen molar-refractivity contribution in [2.45, 2.75) is 37.1 Å². The molecule has 5 nitrogen and oxygen atoms in total. The maximum Gasteiger partial charge on any atom is 0.456 e. The molecular weight excluding hydrogens is 307 g/mol. The van der Waals surface area contributed by atoms with Crippen LogP contribution in [0, 0.1) is 0 Å². The minimum Gasteiger partial charge on any atom is -0.374 e. The summed E-state index contributed by atoms with van der Waals surface area (Å²) in [7, 11) is 0. The molecule has 1 aromatic heterocycles. The van der Waals surface area contributed by atoms with Gasteiger partial charge in [-0.25, -0.2) is 4.68 Å². The molecule has 0 aromatic carbocycles. The van der Waals surface area contributed by atoms with Crippen LogP contribution >= 0.6 is 11.8 Å². The maximum absolute atomic E-state index is 12.4. The molecule has 21 heavy (non-hydrogen) atoms. The average Bonchev–Trinajstić information content (AvgIpc) is 3.07. The summed E-state index contributed by atoms with van der Waals surface area (Å²) in [6.45, 7) is 0.549. The second kappa shape index (κ2) is 5.28. The molecule has 1 aromatic rings. The Balaban J connectivity index is 1.75. The van der Waals surface area contributed by atoms with Gasteiger partial charge in [-0.05, 0) is 25.0 Å². The lowest BCUT2D eigenvalue weighted by molar-refractivity contribution is -0.0888. The highest BCUT2D eigenvalue weighted by atomic mass is 32.2. The first kappa shape index (κ1) is 14.8. The normalized spacial score (nSPS) is 30.0. The van der Waals surface area contributed by atoms with Crippen molar-refractivity contribution < 1.29 is 22.7 Å². The highest BCUT2D eigenvalue weighted by molar-refractivity contribution is 7.99. The Bertz CT molecular complexity index is 540.